The van der Waals surface area contributed by atoms with Crippen molar-refractivity contribution in [2.45, 2.75) is 23.6 Å². The molecule has 2 amide bonds. The molecule has 0 saturated carbocycles. The number of carbonyl (C=O) groups is 2. The smallest absolute Gasteiger partial charge is 0.399 e. The zero-order chi connectivity index (χ0) is 22.9. The molecule has 0 bridgehead atoms. The van der Waals surface area contributed by atoms with E-state index in [0.717, 1.165) is 24.3 Å². The van der Waals surface area contributed by atoms with Crippen molar-refractivity contribution in [1.29, 1.82) is 0 Å². The van der Waals surface area contributed by atoms with Gasteiger partial charge in [0.25, 0.3) is 21.8 Å². The van der Waals surface area contributed by atoms with E-state index < -0.39 is 50.7 Å². The molecule has 0 fully saturated rings. The van der Waals surface area contributed by atoms with Crippen molar-refractivity contribution in [3.8, 4) is 0 Å². The molecule has 1 atom stereocenters. The number of hydrogen-bond donors (Lipinski definition) is 4. The molecule has 2 aromatic rings. The van der Waals surface area contributed by atoms with Crippen molar-refractivity contribution < 1.29 is 40.7 Å². The van der Waals surface area contributed by atoms with Crippen LogP contribution in [0.5, 0.6) is 0 Å². The summed E-state index contributed by atoms with van der Waals surface area (Å²) in [5.41, 5.74) is 0.684. The van der Waals surface area contributed by atoms with E-state index in [1.165, 1.54) is 12.1 Å². The van der Waals surface area contributed by atoms with E-state index in [-0.39, 0.29) is 17.5 Å². The SMILES string of the molecule is C[C@@](O)(C(=O)Nc1ccc(C(=O)NS(=O)(=O)c2ccc(N)cc2)cc1F)C(F)(F)F. The summed E-state index contributed by atoms with van der Waals surface area (Å²) in [6, 6.07) is 6.95. The first-order valence-corrected chi connectivity index (χ1v) is 9.46. The Morgan fingerprint density at radius 1 is 1.07 bits per heavy atom. The van der Waals surface area contributed by atoms with Gasteiger partial charge in [-0.15, -0.1) is 0 Å². The lowest BCUT2D eigenvalue weighted by molar-refractivity contribution is -0.242. The summed E-state index contributed by atoms with van der Waals surface area (Å²) in [6.07, 6.45) is -5.32. The zero-order valence-corrected chi connectivity index (χ0v) is 15.9. The fraction of sp³-hybridized carbons (Fsp3) is 0.176. The molecule has 8 nitrogen and oxygen atoms in total. The van der Waals surface area contributed by atoms with Crippen LogP contribution in [0.25, 0.3) is 0 Å². The summed E-state index contributed by atoms with van der Waals surface area (Å²) in [5.74, 6) is -4.51. The van der Waals surface area contributed by atoms with Crippen LogP contribution in [0.15, 0.2) is 47.4 Å². The molecule has 13 heteroatoms. The van der Waals surface area contributed by atoms with Gasteiger partial charge in [0, 0.05) is 11.3 Å². The second-order valence-electron chi connectivity index (χ2n) is 6.22. The molecule has 2 aromatic carbocycles. The van der Waals surface area contributed by atoms with Crippen LogP contribution in [-0.4, -0.2) is 37.1 Å². The molecular formula is C17H15F4N3O5S. The van der Waals surface area contributed by atoms with E-state index in [0.29, 0.717) is 6.07 Å². The van der Waals surface area contributed by atoms with Crippen LogP contribution < -0.4 is 15.8 Å². The molecule has 0 saturated heterocycles. The Balaban J connectivity index is 2.19. The number of nitrogens with two attached hydrogens (primary N) is 1. The van der Waals surface area contributed by atoms with Gasteiger partial charge in [-0.3, -0.25) is 9.59 Å². The van der Waals surface area contributed by atoms with Gasteiger partial charge in [0.15, 0.2) is 0 Å². The summed E-state index contributed by atoms with van der Waals surface area (Å²) in [7, 11) is -4.31. The Bertz CT molecular complexity index is 1080. The highest BCUT2D eigenvalue weighted by molar-refractivity contribution is 7.90. The Hall–Kier alpha value is -3.19. The van der Waals surface area contributed by atoms with E-state index in [1.54, 1.807) is 10.0 Å². The van der Waals surface area contributed by atoms with E-state index in [2.05, 4.69) is 0 Å². The summed E-state index contributed by atoms with van der Waals surface area (Å²) in [5, 5.41) is 10.8. The zero-order valence-electron chi connectivity index (χ0n) is 15.1. The molecule has 0 spiro atoms. The number of nitrogens with one attached hydrogen (secondary N) is 2. The third kappa shape index (κ3) is 4.86. The highest BCUT2D eigenvalue weighted by Gasteiger charge is 2.55. The fourth-order valence-electron chi connectivity index (χ4n) is 2.02. The molecule has 2 rings (SSSR count). The summed E-state index contributed by atoms with van der Waals surface area (Å²) >= 11 is 0. The summed E-state index contributed by atoms with van der Waals surface area (Å²) in [6.45, 7) is 0.185. The minimum Gasteiger partial charge on any atom is -0.399 e. The van der Waals surface area contributed by atoms with Gasteiger partial charge < -0.3 is 16.2 Å². The van der Waals surface area contributed by atoms with Crippen molar-refractivity contribution in [1.82, 2.24) is 4.72 Å². The number of carbonyl (C=O) groups excluding carboxylic acids is 2. The number of amides is 2. The normalized spacial score (nSPS) is 13.9. The highest BCUT2D eigenvalue weighted by atomic mass is 32.2. The van der Waals surface area contributed by atoms with Gasteiger partial charge in [-0.2, -0.15) is 13.2 Å². The van der Waals surface area contributed by atoms with Crippen molar-refractivity contribution in [3.63, 3.8) is 0 Å². The lowest BCUT2D eigenvalue weighted by Crippen LogP contribution is -2.52. The van der Waals surface area contributed by atoms with Crippen LogP contribution in [0.4, 0.5) is 28.9 Å². The Labute approximate surface area is 167 Å². The van der Waals surface area contributed by atoms with Crippen molar-refractivity contribution in [3.05, 3.63) is 53.8 Å². The van der Waals surface area contributed by atoms with E-state index in [4.69, 9.17) is 5.73 Å². The van der Waals surface area contributed by atoms with Gasteiger partial charge in [-0.05, 0) is 49.4 Å². The minimum absolute atomic E-state index is 0.185. The average Bonchev–Trinajstić information content (AvgIpc) is 2.62. The summed E-state index contributed by atoms with van der Waals surface area (Å²) in [4.78, 5) is 23.4. The van der Waals surface area contributed by atoms with Crippen molar-refractivity contribution in [2.75, 3.05) is 11.1 Å². The lowest BCUT2D eigenvalue weighted by atomic mass is 10.1. The molecule has 5 N–H and O–H groups in total. The maximum atomic E-state index is 14.1. The second-order valence-corrected chi connectivity index (χ2v) is 7.90. The van der Waals surface area contributed by atoms with Crippen LogP contribution in [0.1, 0.15) is 17.3 Å². The molecule has 0 aliphatic heterocycles. The first kappa shape index (κ1) is 23.1. The Morgan fingerprint density at radius 2 is 1.63 bits per heavy atom. The average molecular weight is 449 g/mol. The molecule has 0 heterocycles. The van der Waals surface area contributed by atoms with E-state index in [9.17, 15) is 40.7 Å². The molecule has 162 valence electrons. The number of halogens is 4. The number of rotatable bonds is 5. The van der Waals surface area contributed by atoms with Crippen molar-refractivity contribution >= 4 is 33.2 Å². The number of anilines is 2. The van der Waals surface area contributed by atoms with Crippen LogP contribution in [0.2, 0.25) is 0 Å². The maximum absolute atomic E-state index is 14.1. The van der Waals surface area contributed by atoms with Crippen LogP contribution in [0, 0.1) is 5.82 Å². The standard InChI is InChI=1S/C17H15F4N3O5S/c1-16(27,17(19,20)21)15(26)23-13-7-2-9(8-12(13)18)14(25)24-30(28,29)11-5-3-10(22)4-6-11/h2-8,27H,22H2,1H3,(H,23,26)(H,24,25)/t16-/m1/s1. The van der Waals surface area contributed by atoms with Crippen LogP contribution in [-0.2, 0) is 14.8 Å². The quantitative estimate of drug-likeness (QED) is 0.406. The first-order valence-electron chi connectivity index (χ1n) is 7.98. The second kappa shape index (κ2) is 7.91. The number of sulfonamides is 1. The van der Waals surface area contributed by atoms with E-state index in [1.807, 2.05) is 0 Å². The van der Waals surface area contributed by atoms with Crippen molar-refractivity contribution in [2.24, 2.45) is 0 Å². The van der Waals surface area contributed by atoms with Gasteiger partial charge >= 0.3 is 6.18 Å². The minimum atomic E-state index is -5.32. The van der Waals surface area contributed by atoms with E-state index >= 15 is 0 Å². The number of alkyl halides is 3. The van der Waals surface area contributed by atoms with Gasteiger partial charge in [0.05, 0.1) is 10.6 Å². The topological polar surface area (TPSA) is 139 Å². The Kier molecular flexibility index (Phi) is 6.09. The van der Waals surface area contributed by atoms with Gasteiger partial charge in [-0.25, -0.2) is 17.5 Å². The number of hydrogen-bond acceptors (Lipinski definition) is 6. The molecule has 0 unspecified atom stereocenters. The predicted molar refractivity (Wildman–Crippen MR) is 97.2 cm³/mol. The molecule has 0 aromatic heterocycles. The van der Waals surface area contributed by atoms with Gasteiger partial charge in [-0.1, -0.05) is 0 Å². The van der Waals surface area contributed by atoms with Gasteiger partial charge in [0.2, 0.25) is 5.60 Å². The molecule has 0 aliphatic rings. The summed E-state index contributed by atoms with van der Waals surface area (Å²) < 4.78 is 78.1. The Morgan fingerprint density at radius 3 is 2.13 bits per heavy atom. The molecule has 0 aliphatic carbocycles. The molecular weight excluding hydrogens is 434 g/mol. The number of nitrogen functional groups attached to an aromatic ring is 1. The molecule has 0 radical (unpaired) electrons. The highest BCUT2D eigenvalue weighted by Crippen LogP contribution is 2.31. The molecule has 30 heavy (non-hydrogen) atoms. The predicted octanol–water partition coefficient (Wildman–Crippen LogP) is 1.78. The van der Waals surface area contributed by atoms with Gasteiger partial charge in [0.1, 0.15) is 5.82 Å². The maximum Gasteiger partial charge on any atom is 0.426 e. The monoisotopic (exact) mass is 449 g/mol. The van der Waals surface area contributed by atoms with Crippen LogP contribution >= 0.6 is 0 Å². The third-order valence-electron chi connectivity index (χ3n) is 3.89. The lowest BCUT2D eigenvalue weighted by Gasteiger charge is -2.24. The van der Waals surface area contributed by atoms with Crippen LogP contribution in [0.3, 0.4) is 0 Å². The number of benzene rings is 2. The fourth-order valence-corrected chi connectivity index (χ4v) is 2.99. The number of aliphatic hydroxyl groups is 1. The third-order valence-corrected chi connectivity index (χ3v) is 5.24. The first-order chi connectivity index (χ1) is 13.6. The largest absolute Gasteiger partial charge is 0.426 e.